The predicted molar refractivity (Wildman–Crippen MR) is 88.0 cm³/mol. The largest absolute Gasteiger partial charge is 0.468 e. The van der Waals surface area contributed by atoms with Crippen molar-refractivity contribution < 1.29 is 24.0 Å². The monoisotopic (exact) mass is 348 g/mol. The van der Waals surface area contributed by atoms with Crippen LogP contribution in [0, 0.1) is 15.5 Å². The topological polar surface area (TPSA) is 116 Å². The Morgan fingerprint density at radius 3 is 2.28 bits per heavy atom. The number of esters is 1. The highest BCUT2D eigenvalue weighted by molar-refractivity contribution is 6.05. The van der Waals surface area contributed by atoms with Gasteiger partial charge < -0.3 is 10.1 Å². The minimum Gasteiger partial charge on any atom is -0.468 e. The zero-order valence-corrected chi connectivity index (χ0v) is 13.9. The molecule has 1 aromatic rings. The van der Waals surface area contributed by atoms with E-state index in [9.17, 15) is 24.5 Å². The molecule has 1 aliphatic rings. The molecule has 1 fully saturated rings. The average Bonchev–Trinajstić information content (AvgIpc) is 2.65. The molecule has 0 unspecified atom stereocenters. The van der Waals surface area contributed by atoms with Gasteiger partial charge in [0.2, 0.25) is 5.91 Å². The van der Waals surface area contributed by atoms with Gasteiger partial charge in [-0.25, -0.2) is 0 Å². The van der Waals surface area contributed by atoms with Crippen molar-refractivity contribution in [2.45, 2.75) is 32.1 Å². The minimum absolute atomic E-state index is 0.118. The molecule has 0 bridgehead atoms. The number of carbonyl (C=O) groups is 3. The first-order valence-electron chi connectivity index (χ1n) is 8.05. The molecule has 0 atom stereocenters. The quantitative estimate of drug-likeness (QED) is 0.276. The van der Waals surface area contributed by atoms with Crippen LogP contribution in [-0.4, -0.2) is 36.2 Å². The Bertz CT molecular complexity index is 677. The standard InChI is InChI=1S/C17H20N2O6/c1-25-16(22)17(9-3-2-4-10-17)15(21)18-11-14(20)12-5-7-13(8-6-12)19(23)24/h5-8H,2-4,9-11H2,1H3,(H,18,21). The Kier molecular flexibility index (Phi) is 5.84. The maximum Gasteiger partial charge on any atom is 0.321 e. The van der Waals surface area contributed by atoms with Crippen LogP contribution in [0.2, 0.25) is 0 Å². The van der Waals surface area contributed by atoms with E-state index in [1.165, 1.54) is 31.4 Å². The van der Waals surface area contributed by atoms with Gasteiger partial charge in [0.25, 0.3) is 5.69 Å². The number of non-ortho nitro benzene ring substituents is 1. The molecule has 1 aliphatic carbocycles. The smallest absolute Gasteiger partial charge is 0.321 e. The second kappa shape index (κ2) is 7.87. The number of hydrogen-bond donors (Lipinski definition) is 1. The second-order valence-corrected chi connectivity index (χ2v) is 6.04. The lowest BCUT2D eigenvalue weighted by atomic mass is 9.73. The fraction of sp³-hybridized carbons (Fsp3) is 0.471. The van der Waals surface area contributed by atoms with Crippen molar-refractivity contribution in [2.24, 2.45) is 5.41 Å². The van der Waals surface area contributed by atoms with Crippen LogP contribution in [0.5, 0.6) is 0 Å². The molecule has 1 aromatic carbocycles. The predicted octanol–water partition coefficient (Wildman–Crippen LogP) is 2.02. The highest BCUT2D eigenvalue weighted by Crippen LogP contribution is 2.37. The van der Waals surface area contributed by atoms with Gasteiger partial charge in [-0.05, 0) is 25.0 Å². The minimum atomic E-state index is -1.23. The number of nitro benzene ring substituents is 1. The zero-order chi connectivity index (χ0) is 18.4. The first-order chi connectivity index (χ1) is 11.9. The number of ketones is 1. The number of rotatable bonds is 6. The summed E-state index contributed by atoms with van der Waals surface area (Å²) in [6.07, 6.45) is 3.25. The molecule has 0 aliphatic heterocycles. The van der Waals surface area contributed by atoms with E-state index in [4.69, 9.17) is 4.74 Å². The number of amides is 1. The third kappa shape index (κ3) is 4.01. The molecule has 2 rings (SSSR count). The molecular formula is C17H20N2O6. The Labute approximate surface area is 144 Å². The molecule has 0 heterocycles. The summed E-state index contributed by atoms with van der Waals surface area (Å²) >= 11 is 0. The molecule has 1 N–H and O–H groups in total. The number of methoxy groups -OCH3 is 1. The van der Waals surface area contributed by atoms with Crippen molar-refractivity contribution in [2.75, 3.05) is 13.7 Å². The van der Waals surface area contributed by atoms with E-state index in [2.05, 4.69) is 5.32 Å². The van der Waals surface area contributed by atoms with Gasteiger partial charge in [-0.15, -0.1) is 0 Å². The fourth-order valence-corrected chi connectivity index (χ4v) is 3.08. The van der Waals surface area contributed by atoms with Crippen LogP contribution in [-0.2, 0) is 14.3 Å². The van der Waals surface area contributed by atoms with Crippen LogP contribution >= 0.6 is 0 Å². The lowest BCUT2D eigenvalue weighted by molar-refractivity contribution is -0.384. The van der Waals surface area contributed by atoms with Gasteiger partial charge in [0.15, 0.2) is 5.78 Å². The average molecular weight is 348 g/mol. The molecule has 8 heteroatoms. The second-order valence-electron chi connectivity index (χ2n) is 6.04. The van der Waals surface area contributed by atoms with Crippen molar-refractivity contribution in [3.63, 3.8) is 0 Å². The summed E-state index contributed by atoms with van der Waals surface area (Å²) in [7, 11) is 1.24. The molecule has 25 heavy (non-hydrogen) atoms. The summed E-state index contributed by atoms with van der Waals surface area (Å²) in [5.41, 5.74) is -1.10. The number of Topliss-reactive ketones (excluding diaryl/α,β-unsaturated/α-hetero) is 1. The van der Waals surface area contributed by atoms with Gasteiger partial charge >= 0.3 is 5.97 Å². The number of nitrogens with zero attached hydrogens (tertiary/aromatic N) is 1. The first-order valence-corrected chi connectivity index (χ1v) is 8.05. The van der Waals surface area contributed by atoms with E-state index in [0.717, 1.165) is 19.3 Å². The molecule has 134 valence electrons. The van der Waals surface area contributed by atoms with E-state index in [-0.39, 0.29) is 23.6 Å². The Balaban J connectivity index is 2.03. The van der Waals surface area contributed by atoms with Crippen molar-refractivity contribution >= 4 is 23.3 Å². The van der Waals surface area contributed by atoms with E-state index < -0.39 is 22.2 Å². The van der Waals surface area contributed by atoms with Gasteiger partial charge in [0, 0.05) is 17.7 Å². The zero-order valence-electron chi connectivity index (χ0n) is 13.9. The van der Waals surface area contributed by atoms with E-state index in [0.29, 0.717) is 12.8 Å². The number of carbonyl (C=O) groups excluding carboxylic acids is 3. The van der Waals surface area contributed by atoms with Gasteiger partial charge in [-0.2, -0.15) is 0 Å². The Hall–Kier alpha value is -2.77. The lowest BCUT2D eigenvalue weighted by Gasteiger charge is -2.32. The summed E-state index contributed by atoms with van der Waals surface area (Å²) in [6, 6.07) is 5.13. The molecule has 0 radical (unpaired) electrons. The van der Waals surface area contributed by atoms with Crippen molar-refractivity contribution in [3.05, 3.63) is 39.9 Å². The van der Waals surface area contributed by atoms with E-state index in [1.807, 2.05) is 0 Å². The highest BCUT2D eigenvalue weighted by Gasteiger charge is 2.47. The maximum absolute atomic E-state index is 12.5. The normalized spacial score (nSPS) is 15.9. The van der Waals surface area contributed by atoms with E-state index in [1.54, 1.807) is 0 Å². The molecule has 0 spiro atoms. The van der Waals surface area contributed by atoms with Crippen LogP contribution in [0.4, 0.5) is 5.69 Å². The lowest BCUT2D eigenvalue weighted by Crippen LogP contribution is -2.49. The van der Waals surface area contributed by atoms with Gasteiger partial charge in [-0.1, -0.05) is 19.3 Å². The third-order valence-electron chi connectivity index (χ3n) is 4.53. The number of ether oxygens (including phenoxy) is 1. The van der Waals surface area contributed by atoms with Gasteiger partial charge in [-0.3, -0.25) is 24.5 Å². The SMILES string of the molecule is COC(=O)C1(C(=O)NCC(=O)c2ccc([N+](=O)[O-])cc2)CCCCC1. The Morgan fingerprint density at radius 1 is 1.16 bits per heavy atom. The fourth-order valence-electron chi connectivity index (χ4n) is 3.08. The molecule has 1 amide bonds. The number of hydrogen-bond acceptors (Lipinski definition) is 6. The number of nitro groups is 1. The van der Waals surface area contributed by atoms with Gasteiger partial charge in [0.05, 0.1) is 18.6 Å². The van der Waals surface area contributed by atoms with Crippen molar-refractivity contribution in [1.29, 1.82) is 0 Å². The number of nitrogens with one attached hydrogen (secondary N) is 1. The Morgan fingerprint density at radius 2 is 1.76 bits per heavy atom. The van der Waals surface area contributed by atoms with Crippen LogP contribution in [0.3, 0.4) is 0 Å². The summed E-state index contributed by atoms with van der Waals surface area (Å²) < 4.78 is 4.79. The van der Waals surface area contributed by atoms with Crippen LogP contribution in [0.15, 0.2) is 24.3 Å². The molecular weight excluding hydrogens is 328 g/mol. The van der Waals surface area contributed by atoms with Crippen LogP contribution in [0.1, 0.15) is 42.5 Å². The van der Waals surface area contributed by atoms with Crippen LogP contribution < -0.4 is 5.32 Å². The van der Waals surface area contributed by atoms with Crippen molar-refractivity contribution in [3.8, 4) is 0 Å². The van der Waals surface area contributed by atoms with Gasteiger partial charge in [0.1, 0.15) is 5.41 Å². The van der Waals surface area contributed by atoms with E-state index >= 15 is 0 Å². The summed E-state index contributed by atoms with van der Waals surface area (Å²) in [5, 5.41) is 13.1. The van der Waals surface area contributed by atoms with Crippen molar-refractivity contribution in [1.82, 2.24) is 5.32 Å². The summed E-state index contributed by atoms with van der Waals surface area (Å²) in [6.45, 7) is -0.282. The summed E-state index contributed by atoms with van der Waals surface area (Å²) in [5.74, 6) is -1.47. The first kappa shape index (κ1) is 18.6. The van der Waals surface area contributed by atoms with Crippen LogP contribution in [0.25, 0.3) is 0 Å². The molecule has 8 nitrogen and oxygen atoms in total. The molecule has 1 saturated carbocycles. The highest BCUT2D eigenvalue weighted by atomic mass is 16.6. The number of benzene rings is 1. The maximum atomic E-state index is 12.5. The molecule has 0 aromatic heterocycles. The molecule has 0 saturated heterocycles. The summed E-state index contributed by atoms with van der Waals surface area (Å²) in [4.78, 5) is 46.9. The third-order valence-corrected chi connectivity index (χ3v) is 4.53.